The molecule has 186 valence electrons. The van der Waals surface area contributed by atoms with Gasteiger partial charge in [-0.25, -0.2) is 13.4 Å². The second kappa shape index (κ2) is 9.43. The summed E-state index contributed by atoms with van der Waals surface area (Å²) in [5.41, 5.74) is 1.49. The Balaban J connectivity index is 1.52. The van der Waals surface area contributed by atoms with E-state index in [1.807, 2.05) is 0 Å². The lowest BCUT2D eigenvalue weighted by Crippen LogP contribution is -2.16. The van der Waals surface area contributed by atoms with Gasteiger partial charge in [0.2, 0.25) is 5.88 Å². The number of nitrogens with one attached hydrogen (secondary N) is 1. The summed E-state index contributed by atoms with van der Waals surface area (Å²) in [5.74, 6) is 6.83. The molecule has 0 atom stereocenters. The maximum atomic E-state index is 13.5. The highest BCUT2D eigenvalue weighted by atomic mass is 32.2. The molecule has 5 rings (SSSR count). The summed E-state index contributed by atoms with van der Waals surface area (Å²) in [6.07, 6.45) is 5.60. The average molecular weight is 510 g/mol. The van der Waals surface area contributed by atoms with Crippen LogP contribution in [0.2, 0.25) is 0 Å². The van der Waals surface area contributed by atoms with Crippen LogP contribution in [0.3, 0.4) is 0 Å². The third-order valence-corrected chi connectivity index (χ3v) is 6.91. The lowest BCUT2D eigenvalue weighted by Gasteiger charge is -2.15. The number of pyridine rings is 1. The van der Waals surface area contributed by atoms with Crippen LogP contribution in [-0.2, 0) is 16.6 Å². The van der Waals surface area contributed by atoms with Crippen molar-refractivity contribution >= 4 is 26.8 Å². The van der Waals surface area contributed by atoms with Crippen LogP contribution in [-0.4, -0.2) is 49.7 Å². The Morgan fingerprint density at radius 3 is 2.50 bits per heavy atom. The third-order valence-electron chi connectivity index (χ3n) is 5.51. The van der Waals surface area contributed by atoms with Gasteiger partial charge >= 0.3 is 0 Å². The summed E-state index contributed by atoms with van der Waals surface area (Å²) in [4.78, 5) is 4.27. The molecular weight excluding hydrogens is 486 g/mol. The Kier molecular flexibility index (Phi) is 6.15. The molecule has 3 heterocycles. The number of nitrogens with zero attached hydrogens (tertiary/aromatic N) is 4. The number of aromatic nitrogens is 4. The van der Waals surface area contributed by atoms with Crippen LogP contribution >= 0.6 is 0 Å². The predicted molar refractivity (Wildman–Crippen MR) is 130 cm³/mol. The van der Waals surface area contributed by atoms with Gasteiger partial charge in [0.25, 0.3) is 10.0 Å². The average Bonchev–Trinajstić information content (AvgIpc) is 3.42. The molecule has 0 amide bonds. The van der Waals surface area contributed by atoms with Gasteiger partial charge in [-0.3, -0.25) is 9.40 Å². The molecule has 0 unspecified atom stereocenters. The second-order valence-corrected chi connectivity index (χ2v) is 9.71. The van der Waals surface area contributed by atoms with E-state index in [2.05, 4.69) is 31.8 Å². The Bertz CT molecular complexity index is 1560. The van der Waals surface area contributed by atoms with Crippen LogP contribution in [0.15, 0.2) is 46.1 Å². The molecule has 1 aromatic carbocycles. The zero-order valence-corrected chi connectivity index (χ0v) is 20.6. The number of rotatable bonds is 8. The van der Waals surface area contributed by atoms with Gasteiger partial charge in [-0.05, 0) is 31.0 Å². The van der Waals surface area contributed by atoms with Gasteiger partial charge < -0.3 is 18.7 Å². The number of hydrogen-bond donors (Lipinski definition) is 1. The zero-order valence-electron chi connectivity index (χ0n) is 19.8. The van der Waals surface area contributed by atoms with E-state index >= 15 is 0 Å². The van der Waals surface area contributed by atoms with Gasteiger partial charge in [0.1, 0.15) is 16.9 Å². The Labute approximate surface area is 207 Å². The summed E-state index contributed by atoms with van der Waals surface area (Å²) in [6, 6.07) is 6.58. The van der Waals surface area contributed by atoms with E-state index < -0.39 is 10.0 Å². The lowest BCUT2D eigenvalue weighted by atomic mass is 10.2. The molecule has 12 heteroatoms. The Morgan fingerprint density at radius 2 is 1.89 bits per heavy atom. The number of fused-ring (bicyclic) bond motifs is 1. The minimum Gasteiger partial charge on any atom is -0.495 e. The number of ether oxygens (including phenoxy) is 3. The largest absolute Gasteiger partial charge is 0.495 e. The molecule has 1 aliphatic rings. The minimum absolute atomic E-state index is 0.0818. The van der Waals surface area contributed by atoms with E-state index in [4.69, 9.17) is 18.7 Å². The van der Waals surface area contributed by atoms with Gasteiger partial charge in [0.05, 0.1) is 33.6 Å². The first-order valence-electron chi connectivity index (χ1n) is 11.0. The second-order valence-electron chi connectivity index (χ2n) is 8.09. The van der Waals surface area contributed by atoms with Crippen molar-refractivity contribution in [2.75, 3.05) is 26.1 Å². The number of benzene rings is 1. The molecule has 0 radical (unpaired) electrons. The fourth-order valence-electron chi connectivity index (χ4n) is 3.64. The molecule has 4 aromatic rings. The zero-order chi connectivity index (χ0) is 25.3. The molecule has 0 aliphatic heterocycles. The van der Waals surface area contributed by atoms with Crippen molar-refractivity contribution in [2.45, 2.75) is 24.3 Å². The van der Waals surface area contributed by atoms with Crippen LogP contribution < -0.4 is 18.9 Å². The van der Waals surface area contributed by atoms with Crippen molar-refractivity contribution in [3.63, 3.8) is 0 Å². The van der Waals surface area contributed by atoms with Crippen LogP contribution in [0.25, 0.3) is 11.0 Å². The first-order chi connectivity index (χ1) is 17.4. The first kappa shape index (κ1) is 23.5. The molecule has 1 aliphatic carbocycles. The Hall–Kier alpha value is -4.24. The van der Waals surface area contributed by atoms with E-state index in [-0.39, 0.29) is 33.5 Å². The van der Waals surface area contributed by atoms with E-state index in [9.17, 15) is 8.42 Å². The van der Waals surface area contributed by atoms with Gasteiger partial charge in [-0.1, -0.05) is 17.0 Å². The number of anilines is 1. The van der Waals surface area contributed by atoms with Crippen molar-refractivity contribution in [3.05, 3.63) is 47.9 Å². The predicted octanol–water partition coefficient (Wildman–Crippen LogP) is 3.06. The van der Waals surface area contributed by atoms with E-state index in [0.29, 0.717) is 29.3 Å². The van der Waals surface area contributed by atoms with Crippen LogP contribution in [0.1, 0.15) is 24.1 Å². The van der Waals surface area contributed by atoms with E-state index in [1.165, 1.54) is 21.3 Å². The van der Waals surface area contributed by atoms with Crippen LogP contribution in [0.4, 0.5) is 5.82 Å². The SMILES string of the molecule is COc1cc(C#CC2CC2)cc(OC)c1S(=O)(=O)Nc1noc2cc(Cn3cccn3)nc(OC)c12. The molecule has 1 saturated carbocycles. The maximum Gasteiger partial charge on any atom is 0.270 e. The standard InChI is InChI=1S/C24H23N5O6S/c1-32-19-11-16(8-7-15-5-6-15)12-20(33-2)22(19)36(30,31)28-23-21-18(35-27-23)13-17(26-24(21)34-3)14-29-10-4-9-25-29/h4,9-13,15H,5-6,14H2,1-3H3,(H,27,28). The highest BCUT2D eigenvalue weighted by Gasteiger charge is 2.29. The van der Waals surface area contributed by atoms with Crippen molar-refractivity contribution in [3.8, 4) is 29.2 Å². The fourth-order valence-corrected chi connectivity index (χ4v) is 4.95. The summed E-state index contributed by atoms with van der Waals surface area (Å²) in [5, 5.41) is 8.36. The minimum atomic E-state index is -4.24. The van der Waals surface area contributed by atoms with Crippen molar-refractivity contribution in [1.29, 1.82) is 0 Å². The summed E-state index contributed by atoms with van der Waals surface area (Å²) >= 11 is 0. The van der Waals surface area contributed by atoms with Crippen molar-refractivity contribution in [1.82, 2.24) is 19.9 Å². The number of hydrogen-bond acceptors (Lipinski definition) is 9. The molecule has 36 heavy (non-hydrogen) atoms. The highest BCUT2D eigenvalue weighted by molar-refractivity contribution is 7.93. The summed E-state index contributed by atoms with van der Waals surface area (Å²) in [7, 11) is -0.0505. The van der Waals surface area contributed by atoms with Gasteiger partial charge in [-0.15, -0.1) is 0 Å². The summed E-state index contributed by atoms with van der Waals surface area (Å²) < 4.78 is 52.8. The van der Waals surface area contributed by atoms with Crippen LogP contribution in [0.5, 0.6) is 17.4 Å². The monoisotopic (exact) mass is 509 g/mol. The maximum absolute atomic E-state index is 13.5. The summed E-state index contributed by atoms with van der Waals surface area (Å²) in [6.45, 7) is 0.367. The van der Waals surface area contributed by atoms with Gasteiger partial charge in [0, 0.05) is 29.9 Å². The van der Waals surface area contributed by atoms with Crippen molar-refractivity contribution in [2.24, 2.45) is 5.92 Å². The molecule has 3 aromatic heterocycles. The molecule has 11 nitrogen and oxygen atoms in total. The fraction of sp³-hybridized carbons (Fsp3) is 0.292. The topological polar surface area (TPSA) is 131 Å². The Morgan fingerprint density at radius 1 is 1.14 bits per heavy atom. The quantitative estimate of drug-likeness (QED) is 0.356. The smallest absolute Gasteiger partial charge is 0.270 e. The molecule has 1 fully saturated rings. The van der Waals surface area contributed by atoms with Gasteiger partial charge in [-0.2, -0.15) is 5.10 Å². The number of sulfonamides is 1. The lowest BCUT2D eigenvalue weighted by molar-refractivity contribution is 0.373. The molecular formula is C24H23N5O6S. The molecule has 0 spiro atoms. The van der Waals surface area contributed by atoms with Crippen molar-refractivity contribution < 1.29 is 27.2 Å². The van der Waals surface area contributed by atoms with E-state index in [1.54, 1.807) is 41.3 Å². The molecule has 1 N–H and O–H groups in total. The van der Waals surface area contributed by atoms with Crippen LogP contribution in [0, 0.1) is 17.8 Å². The normalized spacial score (nSPS) is 13.2. The molecule has 0 saturated heterocycles. The van der Waals surface area contributed by atoms with Gasteiger partial charge in [0.15, 0.2) is 16.3 Å². The third kappa shape index (κ3) is 4.65. The molecule has 0 bridgehead atoms. The number of methoxy groups -OCH3 is 3. The first-order valence-corrected chi connectivity index (χ1v) is 12.5. The highest BCUT2D eigenvalue weighted by Crippen LogP contribution is 2.38. The van der Waals surface area contributed by atoms with E-state index in [0.717, 1.165) is 12.8 Å².